The molecule has 122 valence electrons. The maximum atomic E-state index is 13.3. The van der Waals surface area contributed by atoms with E-state index in [-0.39, 0.29) is 5.82 Å². The highest BCUT2D eigenvalue weighted by atomic mass is 35.5. The number of likely N-dealkylation sites (N-methyl/N-ethyl adjacent to an activating group) is 1. The predicted octanol–water partition coefficient (Wildman–Crippen LogP) is 5.14. The van der Waals surface area contributed by atoms with Crippen LogP contribution in [0.15, 0.2) is 54.7 Å². The van der Waals surface area contributed by atoms with Gasteiger partial charge in [0.05, 0.1) is 5.52 Å². The second kappa shape index (κ2) is 6.08. The van der Waals surface area contributed by atoms with Crippen molar-refractivity contribution in [2.24, 2.45) is 0 Å². The molecule has 2 nitrogen and oxygen atoms in total. The molecule has 1 aliphatic heterocycles. The van der Waals surface area contributed by atoms with E-state index in [1.54, 1.807) is 12.1 Å². The van der Waals surface area contributed by atoms with Gasteiger partial charge in [0.25, 0.3) is 0 Å². The standard InChI is InChI=1S/C20H18ClFN2/c1-23-10-8-14(9-11-23)19-13-24(17-5-3-16(22)4-6-17)20-7-2-15(21)12-18(19)20/h2-8,12-13H,9-11H2,1H3. The maximum Gasteiger partial charge on any atom is 0.123 e. The SMILES string of the molecule is CN1CC=C(c2cn(-c3ccc(F)cc3)c3ccc(Cl)cc23)CC1. The number of rotatable bonds is 2. The number of halogens is 2. The lowest BCUT2D eigenvalue weighted by Crippen LogP contribution is -2.23. The molecule has 1 aliphatic rings. The fourth-order valence-electron chi connectivity index (χ4n) is 3.29. The average Bonchev–Trinajstić information content (AvgIpc) is 2.95. The van der Waals surface area contributed by atoms with E-state index in [1.165, 1.54) is 23.3 Å². The first kappa shape index (κ1) is 15.4. The molecule has 2 heterocycles. The van der Waals surface area contributed by atoms with Gasteiger partial charge < -0.3 is 9.47 Å². The van der Waals surface area contributed by atoms with E-state index in [2.05, 4.69) is 28.8 Å². The summed E-state index contributed by atoms with van der Waals surface area (Å²) in [4.78, 5) is 2.30. The van der Waals surface area contributed by atoms with Crippen molar-refractivity contribution in [1.82, 2.24) is 9.47 Å². The highest BCUT2D eigenvalue weighted by molar-refractivity contribution is 6.31. The van der Waals surface area contributed by atoms with Crippen LogP contribution in [0.1, 0.15) is 12.0 Å². The third kappa shape index (κ3) is 2.74. The summed E-state index contributed by atoms with van der Waals surface area (Å²) in [5.41, 5.74) is 4.59. The lowest BCUT2D eigenvalue weighted by Gasteiger charge is -2.21. The summed E-state index contributed by atoms with van der Waals surface area (Å²) in [6.45, 7) is 2.01. The van der Waals surface area contributed by atoms with E-state index >= 15 is 0 Å². The van der Waals surface area contributed by atoms with E-state index < -0.39 is 0 Å². The van der Waals surface area contributed by atoms with Crippen molar-refractivity contribution in [2.45, 2.75) is 6.42 Å². The Bertz CT molecular complexity index is 925. The Labute approximate surface area is 145 Å². The summed E-state index contributed by atoms with van der Waals surface area (Å²) in [6.07, 6.45) is 5.45. The van der Waals surface area contributed by atoms with Crippen LogP contribution in [-0.2, 0) is 0 Å². The third-order valence-electron chi connectivity index (χ3n) is 4.63. The molecule has 0 saturated carbocycles. The molecule has 4 heteroatoms. The highest BCUT2D eigenvalue weighted by Crippen LogP contribution is 2.34. The molecular weight excluding hydrogens is 323 g/mol. The van der Waals surface area contributed by atoms with Crippen LogP contribution >= 0.6 is 11.6 Å². The fraction of sp³-hybridized carbons (Fsp3) is 0.200. The molecule has 0 radical (unpaired) electrons. The van der Waals surface area contributed by atoms with Gasteiger partial charge in [-0.1, -0.05) is 17.7 Å². The highest BCUT2D eigenvalue weighted by Gasteiger charge is 2.16. The molecule has 0 amide bonds. The summed E-state index contributed by atoms with van der Waals surface area (Å²) in [5, 5.41) is 1.87. The monoisotopic (exact) mass is 340 g/mol. The normalized spacial score (nSPS) is 15.7. The van der Waals surface area contributed by atoms with Crippen molar-refractivity contribution in [2.75, 3.05) is 20.1 Å². The number of hydrogen-bond acceptors (Lipinski definition) is 1. The summed E-state index contributed by atoms with van der Waals surface area (Å²) in [7, 11) is 2.13. The minimum Gasteiger partial charge on any atom is -0.316 e. The summed E-state index contributed by atoms with van der Waals surface area (Å²) < 4.78 is 15.4. The van der Waals surface area contributed by atoms with Gasteiger partial charge in [-0.15, -0.1) is 0 Å². The number of fused-ring (bicyclic) bond motifs is 1. The second-order valence-electron chi connectivity index (χ2n) is 6.29. The van der Waals surface area contributed by atoms with Gasteiger partial charge in [-0.25, -0.2) is 4.39 Å². The van der Waals surface area contributed by atoms with Gasteiger partial charge in [0.15, 0.2) is 0 Å². The predicted molar refractivity (Wildman–Crippen MR) is 98.3 cm³/mol. The molecule has 0 atom stereocenters. The van der Waals surface area contributed by atoms with Gasteiger partial charge >= 0.3 is 0 Å². The zero-order chi connectivity index (χ0) is 16.7. The smallest absolute Gasteiger partial charge is 0.123 e. The Morgan fingerprint density at radius 2 is 1.88 bits per heavy atom. The molecule has 4 rings (SSSR count). The van der Waals surface area contributed by atoms with Crippen LogP contribution in [0.4, 0.5) is 4.39 Å². The first-order valence-electron chi connectivity index (χ1n) is 8.06. The topological polar surface area (TPSA) is 8.17 Å². The van der Waals surface area contributed by atoms with Crippen molar-refractivity contribution >= 4 is 28.1 Å². The Hall–Kier alpha value is -2.10. The Morgan fingerprint density at radius 1 is 1.08 bits per heavy atom. The molecule has 0 bridgehead atoms. The van der Waals surface area contributed by atoms with Gasteiger partial charge in [-0.05, 0) is 61.5 Å². The van der Waals surface area contributed by atoms with E-state index in [4.69, 9.17) is 11.6 Å². The Morgan fingerprint density at radius 3 is 2.58 bits per heavy atom. The lowest BCUT2D eigenvalue weighted by molar-refractivity contribution is 0.370. The molecule has 0 aliphatic carbocycles. The Balaban J connectivity index is 1.91. The maximum absolute atomic E-state index is 13.3. The van der Waals surface area contributed by atoms with Crippen LogP contribution in [0.3, 0.4) is 0 Å². The summed E-state index contributed by atoms with van der Waals surface area (Å²) >= 11 is 6.24. The van der Waals surface area contributed by atoms with Crippen molar-refractivity contribution in [3.05, 3.63) is 71.1 Å². The fourth-order valence-corrected chi connectivity index (χ4v) is 3.46. The Kier molecular flexibility index (Phi) is 3.91. The minimum absolute atomic E-state index is 0.225. The molecule has 0 spiro atoms. The van der Waals surface area contributed by atoms with E-state index in [9.17, 15) is 4.39 Å². The van der Waals surface area contributed by atoms with Gasteiger partial charge in [0.2, 0.25) is 0 Å². The van der Waals surface area contributed by atoms with E-state index in [0.717, 1.165) is 41.1 Å². The van der Waals surface area contributed by atoms with Gasteiger partial charge in [0.1, 0.15) is 5.82 Å². The zero-order valence-corrected chi connectivity index (χ0v) is 14.2. The molecule has 0 unspecified atom stereocenters. The van der Waals surface area contributed by atoms with Crippen LogP contribution in [0.2, 0.25) is 5.02 Å². The first-order valence-corrected chi connectivity index (χ1v) is 8.44. The zero-order valence-electron chi connectivity index (χ0n) is 13.5. The number of nitrogens with zero attached hydrogens (tertiary/aromatic N) is 2. The van der Waals surface area contributed by atoms with Crippen molar-refractivity contribution in [1.29, 1.82) is 0 Å². The summed E-state index contributed by atoms with van der Waals surface area (Å²) in [6, 6.07) is 12.5. The minimum atomic E-state index is -0.225. The van der Waals surface area contributed by atoms with E-state index in [0.29, 0.717) is 0 Å². The summed E-state index contributed by atoms with van der Waals surface area (Å²) in [5.74, 6) is -0.225. The number of benzene rings is 2. The largest absolute Gasteiger partial charge is 0.316 e. The van der Waals surface area contributed by atoms with Crippen molar-refractivity contribution < 1.29 is 4.39 Å². The quantitative estimate of drug-likeness (QED) is 0.627. The number of hydrogen-bond donors (Lipinski definition) is 0. The molecule has 0 saturated heterocycles. The molecule has 3 aromatic rings. The third-order valence-corrected chi connectivity index (χ3v) is 4.86. The molecular formula is C20H18ClFN2. The van der Waals surface area contributed by atoms with Crippen LogP contribution < -0.4 is 0 Å². The van der Waals surface area contributed by atoms with Crippen molar-refractivity contribution in [3.8, 4) is 5.69 Å². The average molecular weight is 341 g/mol. The molecule has 0 fully saturated rings. The van der Waals surface area contributed by atoms with Gasteiger partial charge in [0, 0.05) is 40.9 Å². The van der Waals surface area contributed by atoms with E-state index in [1.807, 2.05) is 18.2 Å². The molecule has 1 aromatic heterocycles. The molecule has 0 N–H and O–H groups in total. The van der Waals surface area contributed by atoms with Gasteiger partial charge in [-0.3, -0.25) is 0 Å². The lowest BCUT2D eigenvalue weighted by atomic mass is 9.99. The first-order chi connectivity index (χ1) is 11.6. The van der Waals surface area contributed by atoms with Gasteiger partial charge in [-0.2, -0.15) is 0 Å². The van der Waals surface area contributed by atoms with Crippen LogP contribution in [-0.4, -0.2) is 29.6 Å². The molecule has 2 aromatic carbocycles. The number of aromatic nitrogens is 1. The van der Waals surface area contributed by atoms with Crippen molar-refractivity contribution in [3.63, 3.8) is 0 Å². The molecule has 24 heavy (non-hydrogen) atoms. The second-order valence-corrected chi connectivity index (χ2v) is 6.73. The van der Waals surface area contributed by atoms with Crippen LogP contribution in [0, 0.1) is 5.82 Å². The van der Waals surface area contributed by atoms with Crippen LogP contribution in [0.5, 0.6) is 0 Å². The van der Waals surface area contributed by atoms with Crippen LogP contribution in [0.25, 0.3) is 22.2 Å².